The zero-order chi connectivity index (χ0) is 19.5. The Morgan fingerprint density at radius 2 is 1.82 bits per heavy atom. The van der Waals surface area contributed by atoms with Crippen molar-refractivity contribution in [3.05, 3.63) is 74.5 Å². The number of thiazole rings is 1. The van der Waals surface area contributed by atoms with E-state index in [1.807, 2.05) is 42.5 Å². The van der Waals surface area contributed by atoms with Crippen molar-refractivity contribution in [2.75, 3.05) is 6.61 Å². The standard InChI is InChI=1S/C22H21N3O2S/c1-3-13-27-18-11-9-17(10-12-18)20-23-22-25(24-20)21(26)19(28-22)14-16-7-5-15(4-2)6-8-16/h5-12,14H,3-4,13H2,1-2H3/b19-14-. The van der Waals surface area contributed by atoms with Gasteiger partial charge in [0.1, 0.15) is 5.75 Å². The van der Waals surface area contributed by atoms with Gasteiger partial charge in [-0.15, -0.1) is 5.10 Å². The molecule has 0 aliphatic heterocycles. The second-order valence-electron chi connectivity index (χ2n) is 6.51. The molecule has 0 N–H and O–H groups in total. The van der Waals surface area contributed by atoms with Gasteiger partial charge in [-0.3, -0.25) is 4.79 Å². The normalized spacial score (nSPS) is 12.0. The van der Waals surface area contributed by atoms with Gasteiger partial charge in [-0.25, -0.2) is 0 Å². The molecule has 0 amide bonds. The van der Waals surface area contributed by atoms with Crippen LogP contribution in [0, 0.1) is 0 Å². The highest BCUT2D eigenvalue weighted by molar-refractivity contribution is 7.15. The van der Waals surface area contributed by atoms with Gasteiger partial charge in [-0.2, -0.15) is 9.50 Å². The lowest BCUT2D eigenvalue weighted by atomic mass is 10.1. The molecule has 5 nitrogen and oxygen atoms in total. The molecule has 2 aromatic heterocycles. The molecule has 0 unspecified atom stereocenters. The number of hydrogen-bond donors (Lipinski definition) is 0. The first kappa shape index (κ1) is 18.4. The number of nitrogens with zero attached hydrogens (tertiary/aromatic N) is 3. The van der Waals surface area contributed by atoms with Crippen LogP contribution in [0.5, 0.6) is 5.75 Å². The lowest BCUT2D eigenvalue weighted by Crippen LogP contribution is -2.23. The summed E-state index contributed by atoms with van der Waals surface area (Å²) in [6.07, 6.45) is 3.86. The van der Waals surface area contributed by atoms with Gasteiger partial charge in [0.25, 0.3) is 5.56 Å². The molecule has 0 fully saturated rings. The van der Waals surface area contributed by atoms with Crippen molar-refractivity contribution >= 4 is 22.4 Å². The largest absolute Gasteiger partial charge is 0.494 e. The first-order chi connectivity index (χ1) is 13.7. The van der Waals surface area contributed by atoms with Gasteiger partial charge >= 0.3 is 0 Å². The lowest BCUT2D eigenvalue weighted by molar-refractivity contribution is 0.317. The van der Waals surface area contributed by atoms with E-state index in [9.17, 15) is 4.79 Å². The van der Waals surface area contributed by atoms with Crippen LogP contribution in [-0.4, -0.2) is 21.2 Å². The fourth-order valence-corrected chi connectivity index (χ4v) is 3.78. The fourth-order valence-electron chi connectivity index (χ4n) is 2.88. The Labute approximate surface area is 166 Å². The Morgan fingerprint density at radius 3 is 2.46 bits per heavy atom. The summed E-state index contributed by atoms with van der Waals surface area (Å²) in [5, 5.41) is 4.41. The summed E-state index contributed by atoms with van der Waals surface area (Å²) in [5.41, 5.74) is 3.00. The molecule has 0 saturated carbocycles. The van der Waals surface area contributed by atoms with Gasteiger partial charge in [-0.1, -0.05) is 49.4 Å². The second kappa shape index (κ2) is 7.94. The van der Waals surface area contributed by atoms with Crippen LogP contribution in [0.25, 0.3) is 22.4 Å². The van der Waals surface area contributed by atoms with Crippen LogP contribution >= 0.6 is 11.3 Å². The van der Waals surface area contributed by atoms with Crippen LogP contribution in [0.4, 0.5) is 0 Å². The molecule has 0 saturated heterocycles. The minimum atomic E-state index is -0.138. The molecule has 0 aliphatic carbocycles. The molecule has 4 rings (SSSR count). The first-order valence-electron chi connectivity index (χ1n) is 9.41. The molecule has 0 aliphatic rings. The maximum atomic E-state index is 12.7. The second-order valence-corrected chi connectivity index (χ2v) is 7.52. The van der Waals surface area contributed by atoms with Crippen LogP contribution in [0.1, 0.15) is 31.4 Å². The van der Waals surface area contributed by atoms with E-state index in [2.05, 4.69) is 36.1 Å². The summed E-state index contributed by atoms with van der Waals surface area (Å²) in [4.78, 5) is 17.8. The molecule has 28 heavy (non-hydrogen) atoms. The van der Waals surface area contributed by atoms with E-state index in [0.717, 1.165) is 29.7 Å². The van der Waals surface area contributed by atoms with Crippen molar-refractivity contribution in [3.63, 3.8) is 0 Å². The van der Waals surface area contributed by atoms with Gasteiger partial charge in [0, 0.05) is 5.56 Å². The smallest absolute Gasteiger partial charge is 0.291 e. The summed E-state index contributed by atoms with van der Waals surface area (Å²) < 4.78 is 7.61. The Morgan fingerprint density at radius 1 is 1.07 bits per heavy atom. The summed E-state index contributed by atoms with van der Waals surface area (Å²) >= 11 is 1.36. The van der Waals surface area contributed by atoms with Crippen molar-refractivity contribution in [1.29, 1.82) is 0 Å². The molecule has 2 heterocycles. The predicted octanol–water partition coefficient (Wildman–Crippen LogP) is 3.72. The third-order valence-electron chi connectivity index (χ3n) is 4.45. The van der Waals surface area contributed by atoms with Crippen molar-refractivity contribution in [2.24, 2.45) is 0 Å². The lowest BCUT2D eigenvalue weighted by Gasteiger charge is -2.04. The molecule has 0 atom stereocenters. The Balaban J connectivity index is 1.64. The maximum Gasteiger partial charge on any atom is 0.291 e. The van der Waals surface area contributed by atoms with Crippen molar-refractivity contribution < 1.29 is 4.74 Å². The molecule has 0 bridgehead atoms. The summed E-state index contributed by atoms with van der Waals surface area (Å²) in [5.74, 6) is 1.37. The number of rotatable bonds is 6. The molecule has 4 aromatic rings. The molecule has 0 spiro atoms. The zero-order valence-electron chi connectivity index (χ0n) is 15.9. The summed E-state index contributed by atoms with van der Waals surface area (Å²) in [7, 11) is 0. The van der Waals surface area contributed by atoms with Crippen molar-refractivity contribution in [1.82, 2.24) is 14.6 Å². The van der Waals surface area contributed by atoms with Gasteiger partial charge in [0.2, 0.25) is 4.96 Å². The van der Waals surface area contributed by atoms with Crippen molar-refractivity contribution in [2.45, 2.75) is 26.7 Å². The number of hydrogen-bond acceptors (Lipinski definition) is 5. The highest BCUT2D eigenvalue weighted by atomic mass is 32.1. The van der Waals surface area contributed by atoms with Gasteiger partial charge in [0.15, 0.2) is 5.82 Å². The molecular formula is C22H21N3O2S. The number of benzene rings is 2. The molecule has 2 aromatic carbocycles. The first-order valence-corrected chi connectivity index (χ1v) is 10.2. The maximum absolute atomic E-state index is 12.7. The molecule has 6 heteroatoms. The number of aryl methyl sites for hydroxylation is 1. The SMILES string of the molecule is CCCOc1ccc(-c2nc3s/c(=C\c4ccc(CC)cc4)c(=O)n3n2)cc1. The molecular weight excluding hydrogens is 370 g/mol. The molecule has 0 radical (unpaired) electrons. The van der Waals surface area contributed by atoms with E-state index in [1.54, 1.807) is 0 Å². The quantitative estimate of drug-likeness (QED) is 0.503. The molecule has 142 valence electrons. The Kier molecular flexibility index (Phi) is 5.21. The summed E-state index contributed by atoms with van der Waals surface area (Å²) in [6, 6.07) is 15.9. The average Bonchev–Trinajstić information content (AvgIpc) is 3.27. The van der Waals surface area contributed by atoms with Crippen molar-refractivity contribution in [3.8, 4) is 17.1 Å². The van der Waals surface area contributed by atoms with E-state index in [4.69, 9.17) is 4.74 Å². The monoisotopic (exact) mass is 391 g/mol. The van der Waals surface area contributed by atoms with E-state index in [1.165, 1.54) is 21.4 Å². The average molecular weight is 391 g/mol. The third-order valence-corrected chi connectivity index (χ3v) is 5.41. The zero-order valence-corrected chi connectivity index (χ0v) is 16.7. The van der Waals surface area contributed by atoms with E-state index < -0.39 is 0 Å². The van der Waals surface area contributed by atoms with Crippen LogP contribution in [0.2, 0.25) is 0 Å². The van der Waals surface area contributed by atoms with Gasteiger partial charge in [-0.05, 0) is 54.3 Å². The highest BCUT2D eigenvalue weighted by Crippen LogP contribution is 2.20. The van der Waals surface area contributed by atoms with E-state index >= 15 is 0 Å². The van der Waals surface area contributed by atoms with Crippen LogP contribution in [0.15, 0.2) is 53.3 Å². The van der Waals surface area contributed by atoms with Gasteiger partial charge < -0.3 is 4.74 Å². The van der Waals surface area contributed by atoms with Gasteiger partial charge in [0.05, 0.1) is 11.1 Å². The number of aromatic nitrogens is 3. The van der Waals surface area contributed by atoms with Crippen LogP contribution in [-0.2, 0) is 6.42 Å². The number of fused-ring (bicyclic) bond motifs is 1. The topological polar surface area (TPSA) is 56.5 Å². The third kappa shape index (κ3) is 3.68. The minimum absolute atomic E-state index is 0.138. The van der Waals surface area contributed by atoms with Crippen LogP contribution < -0.4 is 14.8 Å². The number of ether oxygens (including phenoxy) is 1. The predicted molar refractivity (Wildman–Crippen MR) is 113 cm³/mol. The fraction of sp³-hybridized carbons (Fsp3) is 0.227. The highest BCUT2D eigenvalue weighted by Gasteiger charge is 2.12. The Bertz CT molecular complexity index is 1190. The van der Waals surface area contributed by atoms with E-state index in [-0.39, 0.29) is 5.56 Å². The van der Waals surface area contributed by atoms with Crippen LogP contribution in [0.3, 0.4) is 0 Å². The van der Waals surface area contributed by atoms with E-state index in [0.29, 0.717) is 21.9 Å². The minimum Gasteiger partial charge on any atom is -0.494 e. The Hall–Kier alpha value is -2.99. The summed E-state index contributed by atoms with van der Waals surface area (Å²) in [6.45, 7) is 4.89.